The van der Waals surface area contributed by atoms with Crippen LogP contribution in [-0.2, 0) is 5.41 Å². The second kappa shape index (κ2) is 8.21. The molecule has 3 nitrogen and oxygen atoms in total. The Balaban J connectivity index is 1.36. The van der Waals surface area contributed by atoms with Gasteiger partial charge in [0.15, 0.2) is 0 Å². The molecule has 6 aromatic rings. The molecule has 0 radical (unpaired) electrons. The van der Waals surface area contributed by atoms with Crippen LogP contribution in [0.15, 0.2) is 108 Å². The molecule has 1 aromatic heterocycles. The summed E-state index contributed by atoms with van der Waals surface area (Å²) in [6, 6.07) is 36.1. The minimum absolute atomic E-state index is 0.107. The van der Waals surface area contributed by atoms with E-state index in [0.29, 0.717) is 11.8 Å². The van der Waals surface area contributed by atoms with Gasteiger partial charge in [0, 0.05) is 11.1 Å². The van der Waals surface area contributed by atoms with Gasteiger partial charge in [0.05, 0.1) is 0 Å². The molecule has 0 aliphatic rings. The van der Waals surface area contributed by atoms with E-state index in [0.717, 1.165) is 11.1 Å². The molecule has 0 aliphatic carbocycles. The molecule has 0 N–H and O–H groups in total. The second-order valence-electron chi connectivity index (χ2n) is 10.0. The van der Waals surface area contributed by atoms with Gasteiger partial charge in [-0.15, -0.1) is 10.2 Å². The van der Waals surface area contributed by atoms with Gasteiger partial charge in [-0.3, -0.25) is 0 Å². The molecule has 3 heteroatoms. The Kier molecular flexibility index (Phi) is 5.00. The van der Waals surface area contributed by atoms with Gasteiger partial charge in [0.2, 0.25) is 11.8 Å². The first-order valence-corrected chi connectivity index (χ1v) is 11.9. The smallest absolute Gasteiger partial charge is 0.248 e. The number of fused-ring (bicyclic) bond motifs is 2. The molecule has 1 heterocycles. The van der Waals surface area contributed by atoms with Crippen molar-refractivity contribution >= 4 is 21.5 Å². The van der Waals surface area contributed by atoms with Crippen LogP contribution in [0.4, 0.5) is 0 Å². The summed E-state index contributed by atoms with van der Waals surface area (Å²) in [4.78, 5) is 0. The van der Waals surface area contributed by atoms with Gasteiger partial charge in [0.1, 0.15) is 0 Å². The number of aromatic nitrogens is 2. The lowest BCUT2D eigenvalue weighted by molar-refractivity contribution is 0.582. The highest BCUT2D eigenvalue weighted by atomic mass is 16.4. The van der Waals surface area contributed by atoms with E-state index in [1.807, 2.05) is 12.1 Å². The summed E-state index contributed by atoms with van der Waals surface area (Å²) in [5.74, 6) is 1.05. The van der Waals surface area contributed by atoms with Gasteiger partial charge in [-0.05, 0) is 74.0 Å². The summed E-state index contributed by atoms with van der Waals surface area (Å²) in [7, 11) is 0. The third-order valence-corrected chi connectivity index (χ3v) is 6.61. The predicted molar refractivity (Wildman–Crippen MR) is 144 cm³/mol. The fourth-order valence-corrected chi connectivity index (χ4v) is 4.67. The first-order valence-electron chi connectivity index (χ1n) is 11.9. The standard InChI is InChI=1S/C32H26N2O/c1-32(2,3)26-18-16-23(17-19-26)31-34-33-30(35-31)22-14-12-21(13-15-22)29-27-10-6-4-8-24(27)20-25-9-5-7-11-28(25)29/h4-20H,1-3H3. The van der Waals surface area contributed by atoms with Crippen molar-refractivity contribution in [3.63, 3.8) is 0 Å². The molecule has 6 rings (SSSR count). The third kappa shape index (κ3) is 3.89. The van der Waals surface area contributed by atoms with Crippen LogP contribution in [0.1, 0.15) is 26.3 Å². The fourth-order valence-electron chi connectivity index (χ4n) is 4.67. The zero-order valence-electron chi connectivity index (χ0n) is 20.1. The van der Waals surface area contributed by atoms with Crippen LogP contribution in [0.25, 0.3) is 55.6 Å². The van der Waals surface area contributed by atoms with E-state index in [1.165, 1.54) is 38.2 Å². The Morgan fingerprint density at radius 2 is 1.00 bits per heavy atom. The normalized spacial score (nSPS) is 11.9. The van der Waals surface area contributed by atoms with Crippen molar-refractivity contribution in [3.05, 3.63) is 109 Å². The van der Waals surface area contributed by atoms with Gasteiger partial charge in [-0.2, -0.15) is 0 Å². The number of hydrogen-bond acceptors (Lipinski definition) is 3. The molecule has 0 atom stereocenters. The van der Waals surface area contributed by atoms with Crippen LogP contribution in [0.2, 0.25) is 0 Å². The predicted octanol–water partition coefficient (Wildman–Crippen LogP) is 8.67. The molecule has 0 spiro atoms. The molecule has 35 heavy (non-hydrogen) atoms. The number of nitrogens with zero attached hydrogens (tertiary/aromatic N) is 2. The first kappa shape index (κ1) is 21.3. The summed E-state index contributed by atoms with van der Waals surface area (Å²) < 4.78 is 6.05. The van der Waals surface area contributed by atoms with Crippen LogP contribution < -0.4 is 0 Å². The SMILES string of the molecule is CC(C)(C)c1ccc(-c2nnc(-c3ccc(-c4c5ccccc5cc5ccccc45)cc3)o2)cc1. The van der Waals surface area contributed by atoms with E-state index in [9.17, 15) is 0 Å². The minimum Gasteiger partial charge on any atom is -0.416 e. The monoisotopic (exact) mass is 454 g/mol. The van der Waals surface area contributed by atoms with Gasteiger partial charge in [-0.1, -0.05) is 93.6 Å². The Morgan fingerprint density at radius 1 is 0.543 bits per heavy atom. The fraction of sp³-hybridized carbons (Fsp3) is 0.125. The van der Waals surface area contributed by atoms with E-state index >= 15 is 0 Å². The van der Waals surface area contributed by atoms with Gasteiger partial charge < -0.3 is 4.42 Å². The summed E-state index contributed by atoms with van der Waals surface area (Å²) in [6.45, 7) is 6.62. The highest BCUT2D eigenvalue weighted by Gasteiger charge is 2.16. The van der Waals surface area contributed by atoms with Gasteiger partial charge in [0.25, 0.3) is 0 Å². The van der Waals surface area contributed by atoms with Crippen LogP contribution in [0, 0.1) is 0 Å². The average Bonchev–Trinajstić information content (AvgIpc) is 3.37. The lowest BCUT2D eigenvalue weighted by Crippen LogP contribution is -2.10. The Labute approximate surface area is 205 Å². The summed E-state index contributed by atoms with van der Waals surface area (Å²) >= 11 is 0. The van der Waals surface area contributed by atoms with Crippen molar-refractivity contribution in [2.75, 3.05) is 0 Å². The maximum absolute atomic E-state index is 6.05. The van der Waals surface area contributed by atoms with Gasteiger partial charge in [-0.25, -0.2) is 0 Å². The van der Waals surface area contributed by atoms with Crippen LogP contribution in [-0.4, -0.2) is 10.2 Å². The first-order chi connectivity index (χ1) is 17.0. The second-order valence-corrected chi connectivity index (χ2v) is 10.0. The largest absolute Gasteiger partial charge is 0.416 e. The average molecular weight is 455 g/mol. The highest BCUT2D eigenvalue weighted by Crippen LogP contribution is 2.37. The number of hydrogen-bond donors (Lipinski definition) is 0. The quantitative estimate of drug-likeness (QED) is 0.251. The lowest BCUT2D eigenvalue weighted by Gasteiger charge is -2.18. The zero-order chi connectivity index (χ0) is 24.0. The summed E-state index contributed by atoms with van der Waals surface area (Å²) in [5, 5.41) is 13.6. The lowest BCUT2D eigenvalue weighted by atomic mass is 9.87. The highest BCUT2D eigenvalue weighted by molar-refractivity contribution is 6.12. The molecular formula is C32H26N2O. The van der Waals surface area contributed by atoms with E-state index < -0.39 is 0 Å². The molecule has 5 aromatic carbocycles. The van der Waals surface area contributed by atoms with Crippen molar-refractivity contribution in [1.29, 1.82) is 0 Å². The van der Waals surface area contributed by atoms with Crippen molar-refractivity contribution < 1.29 is 4.42 Å². The van der Waals surface area contributed by atoms with Crippen molar-refractivity contribution in [2.24, 2.45) is 0 Å². The molecule has 0 aliphatic heterocycles. The van der Waals surface area contributed by atoms with Crippen LogP contribution in [0.5, 0.6) is 0 Å². The maximum Gasteiger partial charge on any atom is 0.248 e. The summed E-state index contributed by atoms with van der Waals surface area (Å²) in [5.41, 5.74) is 5.63. The molecule has 170 valence electrons. The molecule has 0 saturated heterocycles. The summed E-state index contributed by atoms with van der Waals surface area (Å²) in [6.07, 6.45) is 0. The van der Waals surface area contributed by atoms with Crippen LogP contribution in [0.3, 0.4) is 0 Å². The van der Waals surface area contributed by atoms with E-state index in [4.69, 9.17) is 4.42 Å². The van der Waals surface area contributed by atoms with Gasteiger partial charge >= 0.3 is 0 Å². The molecule has 0 saturated carbocycles. The molecule has 0 fully saturated rings. The van der Waals surface area contributed by atoms with E-state index in [1.54, 1.807) is 0 Å². The zero-order valence-corrected chi connectivity index (χ0v) is 20.1. The topological polar surface area (TPSA) is 38.9 Å². The molecule has 0 unspecified atom stereocenters. The van der Waals surface area contributed by atoms with Crippen molar-refractivity contribution in [3.8, 4) is 34.0 Å². The molecule has 0 amide bonds. The Hall–Kier alpha value is -4.24. The number of benzene rings is 5. The molecular weight excluding hydrogens is 428 g/mol. The third-order valence-electron chi connectivity index (χ3n) is 6.61. The van der Waals surface area contributed by atoms with Crippen molar-refractivity contribution in [2.45, 2.75) is 26.2 Å². The van der Waals surface area contributed by atoms with E-state index in [2.05, 4.69) is 122 Å². The Morgan fingerprint density at radius 3 is 1.51 bits per heavy atom. The Bertz CT molecular complexity index is 1600. The minimum atomic E-state index is 0.107. The maximum atomic E-state index is 6.05. The molecule has 0 bridgehead atoms. The van der Waals surface area contributed by atoms with Crippen molar-refractivity contribution in [1.82, 2.24) is 10.2 Å². The van der Waals surface area contributed by atoms with E-state index in [-0.39, 0.29) is 5.41 Å². The number of rotatable bonds is 3. The van der Waals surface area contributed by atoms with Crippen LogP contribution >= 0.6 is 0 Å².